The Morgan fingerprint density at radius 3 is 2.59 bits per heavy atom. The van der Waals surface area contributed by atoms with E-state index in [0.29, 0.717) is 35.0 Å². The number of aryl methyl sites for hydroxylation is 1. The lowest BCUT2D eigenvalue weighted by Gasteiger charge is -2.22. The van der Waals surface area contributed by atoms with E-state index in [-0.39, 0.29) is 11.8 Å². The number of hydrogen-bond acceptors (Lipinski definition) is 9. The Morgan fingerprint density at radius 1 is 1.16 bits per heavy atom. The van der Waals surface area contributed by atoms with Crippen molar-refractivity contribution in [2.75, 3.05) is 42.2 Å². The Kier molecular flexibility index (Phi) is 8.08. The van der Waals surface area contributed by atoms with Crippen LogP contribution in [0.5, 0.6) is 5.75 Å². The minimum atomic E-state index is -0.489. The third-order valence-corrected chi connectivity index (χ3v) is 6.32. The summed E-state index contributed by atoms with van der Waals surface area (Å²) in [4.78, 5) is 30.1. The maximum atomic E-state index is 11.7. The molecule has 10 nitrogen and oxygen atoms in total. The first-order valence-electron chi connectivity index (χ1n) is 12.6. The number of likely N-dealkylation sites (tertiary alicyclic amines) is 1. The quantitative estimate of drug-likeness (QED) is 0.327. The SMILES string of the molecule is Cc1ccc(C(N)=O)cc1Nc1nc(N[C@H]2CCN(Cc3ccc(O)cc3)C2)nc(N(C)CC(C)C)n1. The van der Waals surface area contributed by atoms with E-state index >= 15 is 0 Å². The first-order valence-corrected chi connectivity index (χ1v) is 12.6. The molecule has 0 aliphatic carbocycles. The molecule has 0 radical (unpaired) electrons. The van der Waals surface area contributed by atoms with Gasteiger partial charge in [0, 0.05) is 50.5 Å². The predicted molar refractivity (Wildman–Crippen MR) is 146 cm³/mol. The molecule has 196 valence electrons. The molecule has 10 heteroatoms. The van der Waals surface area contributed by atoms with Crippen molar-refractivity contribution in [1.29, 1.82) is 0 Å². The van der Waals surface area contributed by atoms with E-state index in [4.69, 9.17) is 10.7 Å². The highest BCUT2D eigenvalue weighted by molar-refractivity contribution is 5.94. The van der Waals surface area contributed by atoms with Crippen LogP contribution in [0.4, 0.5) is 23.5 Å². The minimum absolute atomic E-state index is 0.190. The first-order chi connectivity index (χ1) is 17.7. The smallest absolute Gasteiger partial charge is 0.248 e. The number of carbonyl (C=O) groups excluding carboxylic acids is 1. The number of rotatable bonds is 10. The van der Waals surface area contributed by atoms with E-state index in [1.807, 2.05) is 37.1 Å². The molecule has 1 fully saturated rings. The fourth-order valence-electron chi connectivity index (χ4n) is 4.45. The summed E-state index contributed by atoms with van der Waals surface area (Å²) in [6.45, 7) is 9.66. The lowest BCUT2D eigenvalue weighted by molar-refractivity contribution is 0.100. The number of phenolic OH excluding ortho intramolecular Hbond substituents is 1. The van der Waals surface area contributed by atoms with Crippen LogP contribution in [0.3, 0.4) is 0 Å². The van der Waals surface area contributed by atoms with Crippen LogP contribution in [-0.2, 0) is 6.54 Å². The predicted octanol–water partition coefficient (Wildman–Crippen LogP) is 3.51. The van der Waals surface area contributed by atoms with E-state index in [1.54, 1.807) is 24.3 Å². The lowest BCUT2D eigenvalue weighted by atomic mass is 10.1. The normalized spacial score (nSPS) is 15.6. The van der Waals surface area contributed by atoms with Crippen molar-refractivity contribution in [3.63, 3.8) is 0 Å². The van der Waals surface area contributed by atoms with Crippen molar-refractivity contribution in [2.24, 2.45) is 11.7 Å². The third kappa shape index (κ3) is 7.07. The van der Waals surface area contributed by atoms with Gasteiger partial charge in [-0.15, -0.1) is 0 Å². The van der Waals surface area contributed by atoms with Gasteiger partial charge in [-0.2, -0.15) is 15.0 Å². The van der Waals surface area contributed by atoms with Crippen LogP contribution >= 0.6 is 0 Å². The summed E-state index contributed by atoms with van der Waals surface area (Å²) in [5.41, 5.74) is 8.71. The number of nitrogens with two attached hydrogens (primary N) is 1. The maximum absolute atomic E-state index is 11.7. The van der Waals surface area contributed by atoms with Gasteiger partial charge < -0.3 is 26.4 Å². The average molecular weight is 505 g/mol. The molecule has 0 saturated carbocycles. The zero-order valence-electron chi connectivity index (χ0n) is 21.9. The molecule has 0 bridgehead atoms. The van der Waals surface area contributed by atoms with E-state index in [0.717, 1.165) is 43.7 Å². The maximum Gasteiger partial charge on any atom is 0.248 e. The molecule has 1 aliphatic rings. The second-order valence-corrected chi connectivity index (χ2v) is 10.1. The molecule has 1 atom stereocenters. The van der Waals surface area contributed by atoms with E-state index in [1.165, 1.54) is 0 Å². The van der Waals surface area contributed by atoms with Crippen molar-refractivity contribution in [1.82, 2.24) is 19.9 Å². The fraction of sp³-hybridized carbons (Fsp3) is 0.407. The Labute approximate surface area is 217 Å². The van der Waals surface area contributed by atoms with Gasteiger partial charge in [-0.3, -0.25) is 9.69 Å². The highest BCUT2D eigenvalue weighted by Gasteiger charge is 2.24. The molecule has 5 N–H and O–H groups in total. The second kappa shape index (κ2) is 11.4. The molecule has 0 unspecified atom stereocenters. The Balaban J connectivity index is 1.52. The van der Waals surface area contributed by atoms with Gasteiger partial charge in [-0.25, -0.2) is 0 Å². The number of carbonyl (C=O) groups is 1. The fourth-order valence-corrected chi connectivity index (χ4v) is 4.45. The van der Waals surface area contributed by atoms with Crippen LogP contribution in [0.2, 0.25) is 0 Å². The number of hydrogen-bond donors (Lipinski definition) is 4. The van der Waals surface area contributed by atoms with Gasteiger partial charge in [0.05, 0.1) is 0 Å². The summed E-state index contributed by atoms with van der Waals surface area (Å²) >= 11 is 0. The van der Waals surface area contributed by atoms with Gasteiger partial charge in [-0.05, 0) is 54.7 Å². The van der Waals surface area contributed by atoms with Crippen molar-refractivity contribution < 1.29 is 9.90 Å². The molecular formula is C27H36N8O2. The molecule has 1 aliphatic heterocycles. The molecule has 1 aromatic heterocycles. The van der Waals surface area contributed by atoms with E-state index in [9.17, 15) is 9.90 Å². The molecule has 37 heavy (non-hydrogen) atoms. The number of benzene rings is 2. The van der Waals surface area contributed by atoms with Crippen molar-refractivity contribution in [2.45, 2.75) is 39.8 Å². The molecule has 3 aromatic rings. The number of anilines is 4. The van der Waals surface area contributed by atoms with Crippen molar-refractivity contribution >= 4 is 29.4 Å². The van der Waals surface area contributed by atoms with Crippen LogP contribution in [0.15, 0.2) is 42.5 Å². The van der Waals surface area contributed by atoms with Crippen molar-refractivity contribution in [3.8, 4) is 5.75 Å². The van der Waals surface area contributed by atoms with Gasteiger partial charge in [0.15, 0.2) is 0 Å². The molecular weight excluding hydrogens is 468 g/mol. The molecule has 2 heterocycles. The number of primary amides is 1. The van der Waals surface area contributed by atoms with E-state index < -0.39 is 5.91 Å². The summed E-state index contributed by atoms with van der Waals surface area (Å²) in [5.74, 6) is 1.69. The Hall–Kier alpha value is -3.92. The summed E-state index contributed by atoms with van der Waals surface area (Å²) in [6, 6.07) is 12.8. The van der Waals surface area contributed by atoms with Crippen molar-refractivity contribution in [3.05, 3.63) is 59.2 Å². The minimum Gasteiger partial charge on any atom is -0.508 e. The highest BCUT2D eigenvalue weighted by Crippen LogP contribution is 2.24. The van der Waals surface area contributed by atoms with Crippen LogP contribution < -0.4 is 21.3 Å². The summed E-state index contributed by atoms with van der Waals surface area (Å²) < 4.78 is 0. The number of aromatic nitrogens is 3. The molecule has 2 aromatic carbocycles. The van der Waals surface area contributed by atoms with Crippen LogP contribution in [0.25, 0.3) is 0 Å². The number of aromatic hydroxyl groups is 1. The second-order valence-electron chi connectivity index (χ2n) is 10.1. The summed E-state index contributed by atoms with van der Waals surface area (Å²) in [6.07, 6.45) is 0.962. The number of phenols is 1. The van der Waals surface area contributed by atoms with Gasteiger partial charge >= 0.3 is 0 Å². The van der Waals surface area contributed by atoms with Gasteiger partial charge in [0.1, 0.15) is 5.75 Å². The highest BCUT2D eigenvalue weighted by atomic mass is 16.3. The monoisotopic (exact) mass is 504 g/mol. The zero-order chi connectivity index (χ0) is 26.5. The van der Waals surface area contributed by atoms with Gasteiger partial charge in [0.25, 0.3) is 0 Å². The lowest BCUT2D eigenvalue weighted by Crippen LogP contribution is -2.28. The molecule has 1 saturated heterocycles. The third-order valence-electron chi connectivity index (χ3n) is 6.32. The number of nitrogens with zero attached hydrogens (tertiary/aromatic N) is 5. The molecule has 4 rings (SSSR count). The topological polar surface area (TPSA) is 133 Å². The van der Waals surface area contributed by atoms with Gasteiger partial charge in [0.2, 0.25) is 23.8 Å². The van der Waals surface area contributed by atoms with Crippen LogP contribution in [0, 0.1) is 12.8 Å². The average Bonchev–Trinajstić information content (AvgIpc) is 3.27. The summed E-state index contributed by atoms with van der Waals surface area (Å²) in [7, 11) is 1.97. The molecule has 0 spiro atoms. The zero-order valence-corrected chi connectivity index (χ0v) is 21.9. The largest absolute Gasteiger partial charge is 0.508 e. The summed E-state index contributed by atoms with van der Waals surface area (Å²) in [5, 5.41) is 16.3. The number of nitrogens with one attached hydrogen (secondary N) is 2. The van der Waals surface area contributed by atoms with Gasteiger partial charge in [-0.1, -0.05) is 32.0 Å². The Bertz CT molecular complexity index is 1230. The number of amides is 1. The Morgan fingerprint density at radius 2 is 1.89 bits per heavy atom. The van der Waals surface area contributed by atoms with Crippen LogP contribution in [-0.4, -0.2) is 63.6 Å². The van der Waals surface area contributed by atoms with E-state index in [2.05, 4.69) is 39.3 Å². The van der Waals surface area contributed by atoms with Crippen LogP contribution in [0.1, 0.15) is 41.8 Å². The first kappa shape index (κ1) is 26.2. The standard InChI is InChI=1S/C27H36N8O2/c1-17(2)14-34(4)27-32-25(29-21-11-12-35(16-21)15-19-6-9-22(36)10-7-19)31-26(33-27)30-23-13-20(24(28)37)8-5-18(23)3/h5-10,13,17,21,36H,11-12,14-16H2,1-4H3,(H2,28,37)(H2,29,30,31,32,33)/t21-/m0/s1. The molecule has 1 amide bonds.